The quantitative estimate of drug-likeness (QED) is 0.809. The van der Waals surface area contributed by atoms with Gasteiger partial charge in [0, 0.05) is 13.2 Å². The van der Waals surface area contributed by atoms with Gasteiger partial charge in [0.05, 0.1) is 16.8 Å². The first-order valence-electron chi connectivity index (χ1n) is 5.87. The average molecular weight is 307 g/mol. The third-order valence-electron chi connectivity index (χ3n) is 2.86. The molecule has 0 aromatic carbocycles. The van der Waals surface area contributed by atoms with Gasteiger partial charge in [0.2, 0.25) is 0 Å². The van der Waals surface area contributed by atoms with Crippen LogP contribution in [-0.4, -0.2) is 21.9 Å². The number of aromatic amines is 1. The highest BCUT2D eigenvalue weighted by Gasteiger charge is 2.15. The van der Waals surface area contributed by atoms with E-state index >= 15 is 0 Å². The topological polar surface area (TPSA) is 53.9 Å². The van der Waals surface area contributed by atoms with Crippen LogP contribution in [0.5, 0.6) is 0 Å². The van der Waals surface area contributed by atoms with Gasteiger partial charge < -0.3 is 4.98 Å². The van der Waals surface area contributed by atoms with Crippen molar-refractivity contribution in [2.45, 2.75) is 0 Å². The fourth-order valence-electron chi connectivity index (χ4n) is 1.84. The number of H-pyrrole nitrogens is 1. The van der Waals surface area contributed by atoms with E-state index in [0.717, 1.165) is 5.00 Å². The van der Waals surface area contributed by atoms with Crippen molar-refractivity contribution in [3.8, 4) is 11.3 Å². The van der Waals surface area contributed by atoms with Crippen molar-refractivity contribution >= 4 is 27.9 Å². The molecule has 3 heterocycles. The molecule has 102 valence electrons. The van der Waals surface area contributed by atoms with Crippen LogP contribution < -0.4 is 10.6 Å². The molecule has 0 bridgehead atoms. The minimum atomic E-state index is -0.210. The summed E-state index contributed by atoms with van der Waals surface area (Å²) in [6.45, 7) is 0. The van der Waals surface area contributed by atoms with Gasteiger partial charge in [-0.2, -0.15) is 9.89 Å². The monoisotopic (exact) mass is 306 g/mol. The highest BCUT2D eigenvalue weighted by molar-refractivity contribution is 7.14. The summed E-state index contributed by atoms with van der Waals surface area (Å²) in [7, 11) is 1.88. The van der Waals surface area contributed by atoms with Gasteiger partial charge in [0.1, 0.15) is 10.7 Å². The lowest BCUT2D eigenvalue weighted by atomic mass is 10.2. The molecule has 0 saturated carbocycles. The predicted octanol–water partition coefficient (Wildman–Crippen LogP) is 2.85. The molecular weight excluding hydrogens is 296 g/mol. The van der Waals surface area contributed by atoms with Gasteiger partial charge in [-0.15, -0.1) is 11.3 Å². The maximum Gasteiger partial charge on any atom is 0.257 e. The summed E-state index contributed by atoms with van der Waals surface area (Å²) >= 11 is 7.79. The summed E-state index contributed by atoms with van der Waals surface area (Å²) in [6.07, 6.45) is 3.26. The lowest BCUT2D eigenvalue weighted by molar-refractivity contribution is 0.678. The van der Waals surface area contributed by atoms with Gasteiger partial charge >= 0.3 is 0 Å². The van der Waals surface area contributed by atoms with Gasteiger partial charge in [-0.1, -0.05) is 11.6 Å². The highest BCUT2D eigenvalue weighted by Crippen LogP contribution is 2.26. The van der Waals surface area contributed by atoms with Gasteiger partial charge in [0.15, 0.2) is 0 Å². The lowest BCUT2D eigenvalue weighted by Gasteiger charge is -2.16. The second-order valence-electron chi connectivity index (χ2n) is 4.13. The number of hydrogen-bond acceptors (Lipinski definition) is 4. The standard InChI is InChI=1S/C13H11ClN4OS/c1-17(11-5-3-7-20-11)18-8-10(14)12(16-18)9-4-2-6-15-13(9)19/h2-8H,1H3,(H,15,19). The number of rotatable bonds is 3. The Kier molecular flexibility index (Phi) is 3.33. The van der Waals surface area contributed by atoms with E-state index in [1.54, 1.807) is 40.7 Å². The lowest BCUT2D eigenvalue weighted by Crippen LogP contribution is -2.24. The van der Waals surface area contributed by atoms with E-state index < -0.39 is 0 Å². The Bertz CT molecular complexity index is 778. The molecule has 3 rings (SSSR count). The zero-order valence-corrected chi connectivity index (χ0v) is 12.1. The molecule has 0 saturated heterocycles. The first kappa shape index (κ1) is 13.0. The fourth-order valence-corrected chi connectivity index (χ4v) is 2.76. The zero-order valence-electron chi connectivity index (χ0n) is 10.6. The van der Waals surface area contributed by atoms with E-state index in [2.05, 4.69) is 10.1 Å². The molecule has 3 aromatic heterocycles. The molecule has 7 heteroatoms. The van der Waals surface area contributed by atoms with Crippen molar-refractivity contribution in [1.82, 2.24) is 14.9 Å². The molecule has 20 heavy (non-hydrogen) atoms. The van der Waals surface area contributed by atoms with Gasteiger partial charge in [0.25, 0.3) is 5.56 Å². The third-order valence-corrected chi connectivity index (χ3v) is 4.07. The smallest absolute Gasteiger partial charge is 0.257 e. The van der Waals surface area contributed by atoms with E-state index in [1.807, 2.05) is 29.6 Å². The van der Waals surface area contributed by atoms with Gasteiger partial charge in [-0.25, -0.2) is 0 Å². The largest absolute Gasteiger partial charge is 0.329 e. The zero-order chi connectivity index (χ0) is 14.1. The van der Waals surface area contributed by atoms with Crippen LogP contribution in [0, 0.1) is 0 Å². The third kappa shape index (κ3) is 2.23. The molecule has 1 N–H and O–H groups in total. The normalized spacial score (nSPS) is 10.7. The molecule has 0 fully saturated rings. The van der Waals surface area contributed by atoms with Crippen LogP contribution in [0.1, 0.15) is 0 Å². The average Bonchev–Trinajstić information content (AvgIpc) is 3.08. The number of aromatic nitrogens is 3. The maximum absolute atomic E-state index is 11.8. The van der Waals surface area contributed by atoms with E-state index in [4.69, 9.17) is 11.6 Å². The molecule has 0 amide bonds. The Hall–Kier alpha value is -2.05. The first-order valence-corrected chi connectivity index (χ1v) is 7.13. The first-order chi connectivity index (χ1) is 9.66. The molecule has 0 unspecified atom stereocenters. The van der Waals surface area contributed by atoms with Crippen molar-refractivity contribution in [3.63, 3.8) is 0 Å². The molecular formula is C13H11ClN4OS. The summed E-state index contributed by atoms with van der Waals surface area (Å²) in [5.41, 5.74) is 0.714. The fraction of sp³-hybridized carbons (Fsp3) is 0.0769. The van der Waals surface area contributed by atoms with Crippen LogP contribution in [0.3, 0.4) is 0 Å². The number of thiophene rings is 1. The Morgan fingerprint density at radius 1 is 1.40 bits per heavy atom. The van der Waals surface area contributed by atoms with Crippen LogP contribution in [0.4, 0.5) is 5.00 Å². The number of nitrogens with one attached hydrogen (secondary N) is 1. The van der Waals surface area contributed by atoms with Crippen molar-refractivity contribution in [1.29, 1.82) is 0 Å². The van der Waals surface area contributed by atoms with Crippen LogP contribution >= 0.6 is 22.9 Å². The molecule has 3 aromatic rings. The van der Waals surface area contributed by atoms with Crippen LogP contribution in [-0.2, 0) is 0 Å². The van der Waals surface area contributed by atoms with E-state index in [-0.39, 0.29) is 5.56 Å². The van der Waals surface area contributed by atoms with Crippen molar-refractivity contribution in [2.24, 2.45) is 0 Å². The van der Waals surface area contributed by atoms with Crippen molar-refractivity contribution in [2.75, 3.05) is 12.1 Å². The van der Waals surface area contributed by atoms with Crippen molar-refractivity contribution < 1.29 is 0 Å². The number of halogens is 1. The van der Waals surface area contributed by atoms with Crippen LogP contribution in [0.15, 0.2) is 46.8 Å². The number of hydrogen-bond donors (Lipinski definition) is 1. The van der Waals surface area contributed by atoms with Crippen molar-refractivity contribution in [3.05, 3.63) is 57.4 Å². The number of nitrogens with zero attached hydrogens (tertiary/aromatic N) is 3. The van der Waals surface area contributed by atoms with E-state index in [9.17, 15) is 4.79 Å². The van der Waals surface area contributed by atoms with Crippen LogP contribution in [0.2, 0.25) is 5.02 Å². The summed E-state index contributed by atoms with van der Waals surface area (Å²) in [5.74, 6) is 0. The van der Waals surface area contributed by atoms with E-state index in [1.165, 1.54) is 0 Å². The van der Waals surface area contributed by atoms with Gasteiger partial charge in [-0.3, -0.25) is 9.80 Å². The minimum absolute atomic E-state index is 0.210. The Morgan fingerprint density at radius 2 is 2.25 bits per heavy atom. The molecule has 0 aliphatic heterocycles. The highest BCUT2D eigenvalue weighted by atomic mass is 35.5. The molecule has 0 atom stereocenters. The summed E-state index contributed by atoms with van der Waals surface area (Å²) < 4.78 is 0. The second kappa shape index (κ2) is 5.15. The molecule has 0 aliphatic carbocycles. The Labute approximate surface area is 124 Å². The summed E-state index contributed by atoms with van der Waals surface area (Å²) in [6, 6.07) is 7.39. The van der Waals surface area contributed by atoms with Crippen LogP contribution in [0.25, 0.3) is 11.3 Å². The molecule has 0 spiro atoms. The maximum atomic E-state index is 11.8. The molecule has 5 nitrogen and oxygen atoms in total. The second-order valence-corrected chi connectivity index (χ2v) is 5.47. The summed E-state index contributed by atoms with van der Waals surface area (Å²) in [5, 5.41) is 9.70. The predicted molar refractivity (Wildman–Crippen MR) is 81.4 cm³/mol. The summed E-state index contributed by atoms with van der Waals surface area (Å²) in [4.78, 5) is 16.0. The van der Waals surface area contributed by atoms with E-state index in [0.29, 0.717) is 16.3 Å². The molecule has 0 aliphatic rings. The minimum Gasteiger partial charge on any atom is -0.329 e. The number of pyridine rings is 1. The van der Waals surface area contributed by atoms with Gasteiger partial charge in [-0.05, 0) is 29.6 Å². The number of anilines is 1. The Morgan fingerprint density at radius 3 is 2.95 bits per heavy atom. The molecule has 0 radical (unpaired) electrons. The Balaban J connectivity index is 2.04. The SMILES string of the molecule is CN(c1cccs1)n1cc(Cl)c(-c2ccc[nH]c2=O)n1.